The van der Waals surface area contributed by atoms with Crippen molar-refractivity contribution in [2.75, 3.05) is 0 Å². The molecule has 0 fully saturated rings. The van der Waals surface area contributed by atoms with Gasteiger partial charge in [0.05, 0.1) is 0 Å². The average molecular weight is 313 g/mol. The third-order valence-corrected chi connectivity index (χ3v) is 8.23. The van der Waals surface area contributed by atoms with Gasteiger partial charge in [-0.3, -0.25) is 0 Å². The Morgan fingerprint density at radius 3 is 1.48 bits per heavy atom. The van der Waals surface area contributed by atoms with Crippen LogP contribution in [0.15, 0.2) is 0 Å². The van der Waals surface area contributed by atoms with Crippen molar-refractivity contribution in [1.82, 2.24) is 0 Å². The van der Waals surface area contributed by atoms with E-state index >= 15 is 0 Å². The Bertz CT molecular complexity index is 208. The quantitative estimate of drug-likeness (QED) is 0.234. The lowest BCUT2D eigenvalue weighted by Crippen LogP contribution is -2.22. The minimum Gasteiger partial charge on any atom is -0.0654 e. The SMILES string of the molecule is CCCCCCCCCCCCC(CC)C([SiH3])(CC)CC. The molecule has 0 saturated carbocycles. The lowest BCUT2D eigenvalue weighted by atomic mass is 9.81. The second-order valence-electron chi connectivity index (χ2n) is 7.44. The predicted molar refractivity (Wildman–Crippen MR) is 103 cm³/mol. The van der Waals surface area contributed by atoms with Gasteiger partial charge in [0, 0.05) is 10.2 Å². The van der Waals surface area contributed by atoms with E-state index in [1.165, 1.54) is 100 Å². The number of hydrogen-bond acceptors (Lipinski definition) is 0. The lowest BCUT2D eigenvalue weighted by Gasteiger charge is -2.36. The molecule has 1 unspecified atom stereocenters. The van der Waals surface area contributed by atoms with Crippen LogP contribution in [0, 0.1) is 5.92 Å². The normalized spacial score (nSPS) is 13.7. The molecule has 0 rings (SSSR count). The predicted octanol–water partition coefficient (Wildman–Crippen LogP) is 6.67. The molecule has 128 valence electrons. The highest BCUT2D eigenvalue weighted by atomic mass is 28.1. The molecule has 0 aromatic heterocycles. The Balaban J connectivity index is 3.56. The van der Waals surface area contributed by atoms with Crippen LogP contribution in [0.3, 0.4) is 0 Å². The molecule has 0 aliphatic carbocycles. The minimum absolute atomic E-state index is 0.730. The molecule has 0 aliphatic rings. The Hall–Kier alpha value is 0.217. The molecule has 21 heavy (non-hydrogen) atoms. The third-order valence-electron chi connectivity index (χ3n) is 6.00. The fourth-order valence-electron chi connectivity index (χ4n) is 3.75. The van der Waals surface area contributed by atoms with E-state index in [1.54, 1.807) is 0 Å². The fourth-order valence-corrected chi connectivity index (χ4v) is 4.45. The van der Waals surface area contributed by atoms with Crippen molar-refractivity contribution in [3.8, 4) is 0 Å². The van der Waals surface area contributed by atoms with Gasteiger partial charge in [-0.25, -0.2) is 0 Å². The Morgan fingerprint density at radius 1 is 0.667 bits per heavy atom. The molecule has 0 aromatic rings. The summed E-state index contributed by atoms with van der Waals surface area (Å²) in [4.78, 5) is 0. The largest absolute Gasteiger partial charge is 0.0654 e. The van der Waals surface area contributed by atoms with Gasteiger partial charge in [0.25, 0.3) is 0 Å². The first-order valence-corrected chi connectivity index (χ1v) is 11.1. The van der Waals surface area contributed by atoms with Crippen LogP contribution < -0.4 is 0 Å². The van der Waals surface area contributed by atoms with Gasteiger partial charge in [-0.1, -0.05) is 118 Å². The van der Waals surface area contributed by atoms with Gasteiger partial charge in [-0.15, -0.1) is 0 Å². The van der Waals surface area contributed by atoms with Gasteiger partial charge in [-0.2, -0.15) is 0 Å². The van der Waals surface area contributed by atoms with E-state index in [9.17, 15) is 0 Å². The zero-order chi connectivity index (χ0) is 16.0. The van der Waals surface area contributed by atoms with Gasteiger partial charge in [0.15, 0.2) is 0 Å². The van der Waals surface area contributed by atoms with E-state index < -0.39 is 0 Å². The first kappa shape index (κ1) is 21.2. The van der Waals surface area contributed by atoms with Crippen LogP contribution in [-0.4, -0.2) is 10.2 Å². The highest BCUT2D eigenvalue weighted by Crippen LogP contribution is 2.43. The van der Waals surface area contributed by atoms with E-state index in [-0.39, 0.29) is 0 Å². The fraction of sp³-hybridized carbons (Fsp3) is 1.00. The van der Waals surface area contributed by atoms with E-state index in [0.29, 0.717) is 0 Å². The van der Waals surface area contributed by atoms with Crippen molar-refractivity contribution in [1.29, 1.82) is 0 Å². The molecule has 0 saturated heterocycles. The molecule has 0 nitrogen and oxygen atoms in total. The van der Waals surface area contributed by atoms with Crippen molar-refractivity contribution in [2.45, 2.75) is 123 Å². The molecule has 0 bridgehead atoms. The standard InChI is InChI=1S/C20H44Si/c1-5-9-10-11-12-13-14-15-16-17-18-19(6-2)20(21,7-3)8-4/h19H,5-18H2,1-4,21H3. The molecule has 0 amide bonds. The van der Waals surface area contributed by atoms with E-state index in [2.05, 4.69) is 27.7 Å². The van der Waals surface area contributed by atoms with E-state index in [4.69, 9.17) is 0 Å². The van der Waals surface area contributed by atoms with E-state index in [1.807, 2.05) is 0 Å². The zero-order valence-electron chi connectivity index (χ0n) is 16.0. The summed E-state index contributed by atoms with van der Waals surface area (Å²) in [6, 6.07) is 0. The summed E-state index contributed by atoms with van der Waals surface area (Å²) >= 11 is 0. The highest BCUT2D eigenvalue weighted by Gasteiger charge is 2.28. The molecule has 0 radical (unpaired) electrons. The molecule has 0 N–H and O–H groups in total. The summed E-state index contributed by atoms with van der Waals surface area (Å²) in [5, 5.41) is 0.730. The summed E-state index contributed by atoms with van der Waals surface area (Å²) in [5.74, 6) is 1.01. The van der Waals surface area contributed by atoms with Crippen molar-refractivity contribution >= 4 is 10.2 Å². The summed E-state index contributed by atoms with van der Waals surface area (Å²) in [5.41, 5.74) is 0. The second-order valence-corrected chi connectivity index (χ2v) is 9.43. The number of rotatable bonds is 15. The van der Waals surface area contributed by atoms with Crippen LogP contribution in [0.4, 0.5) is 0 Å². The maximum absolute atomic E-state index is 2.42. The molecule has 0 heterocycles. The van der Waals surface area contributed by atoms with Gasteiger partial charge in [-0.05, 0) is 11.0 Å². The molecule has 0 aliphatic heterocycles. The maximum Gasteiger partial charge on any atom is 0.0110 e. The summed E-state index contributed by atoms with van der Waals surface area (Å²) in [6.07, 6.45) is 20.4. The molecular weight excluding hydrogens is 268 g/mol. The molecule has 0 spiro atoms. The number of unbranched alkanes of at least 4 members (excludes halogenated alkanes) is 9. The van der Waals surface area contributed by atoms with Crippen molar-refractivity contribution in [3.05, 3.63) is 0 Å². The van der Waals surface area contributed by atoms with Crippen LogP contribution in [0.2, 0.25) is 5.04 Å². The zero-order valence-corrected chi connectivity index (χ0v) is 18.0. The van der Waals surface area contributed by atoms with Gasteiger partial charge in [0.1, 0.15) is 0 Å². The molecule has 0 aromatic carbocycles. The highest BCUT2D eigenvalue weighted by molar-refractivity contribution is 6.15. The van der Waals surface area contributed by atoms with Crippen LogP contribution in [0.5, 0.6) is 0 Å². The van der Waals surface area contributed by atoms with Gasteiger partial charge in [0.2, 0.25) is 0 Å². The number of hydrogen-bond donors (Lipinski definition) is 0. The minimum atomic E-state index is 0.730. The summed E-state index contributed by atoms with van der Waals surface area (Å²) in [6.45, 7) is 9.54. The first-order chi connectivity index (χ1) is 10.1. The Labute approximate surface area is 139 Å². The average Bonchev–Trinajstić information content (AvgIpc) is 2.52. The summed E-state index contributed by atoms with van der Waals surface area (Å²) in [7, 11) is 1.38. The van der Waals surface area contributed by atoms with Crippen LogP contribution in [-0.2, 0) is 0 Å². The van der Waals surface area contributed by atoms with Gasteiger partial charge < -0.3 is 0 Å². The van der Waals surface area contributed by atoms with Crippen molar-refractivity contribution < 1.29 is 0 Å². The van der Waals surface area contributed by atoms with Crippen LogP contribution in [0.25, 0.3) is 0 Å². The second kappa shape index (κ2) is 13.9. The van der Waals surface area contributed by atoms with E-state index in [0.717, 1.165) is 11.0 Å². The maximum atomic E-state index is 2.42. The summed E-state index contributed by atoms with van der Waals surface area (Å²) < 4.78 is 0. The Morgan fingerprint density at radius 2 is 1.10 bits per heavy atom. The van der Waals surface area contributed by atoms with Crippen molar-refractivity contribution in [3.63, 3.8) is 0 Å². The molecular formula is C20H44Si. The van der Waals surface area contributed by atoms with Crippen molar-refractivity contribution in [2.24, 2.45) is 5.92 Å². The smallest absolute Gasteiger partial charge is 0.0110 e. The molecule has 1 atom stereocenters. The van der Waals surface area contributed by atoms with Gasteiger partial charge >= 0.3 is 0 Å². The third kappa shape index (κ3) is 9.76. The monoisotopic (exact) mass is 312 g/mol. The molecule has 1 heteroatoms. The topological polar surface area (TPSA) is 0 Å². The van der Waals surface area contributed by atoms with Crippen LogP contribution >= 0.6 is 0 Å². The lowest BCUT2D eigenvalue weighted by molar-refractivity contribution is 0.297. The van der Waals surface area contributed by atoms with Crippen LogP contribution in [0.1, 0.15) is 118 Å². The first-order valence-electron chi connectivity index (χ1n) is 10.1. The Kier molecular flexibility index (Phi) is 14.0.